The van der Waals surface area contributed by atoms with E-state index in [1.54, 1.807) is 30.3 Å². The van der Waals surface area contributed by atoms with Crippen molar-refractivity contribution in [1.82, 2.24) is 4.98 Å². The summed E-state index contributed by atoms with van der Waals surface area (Å²) in [6.07, 6.45) is 3.75. The number of halogens is 2. The van der Waals surface area contributed by atoms with Crippen LogP contribution in [0.2, 0.25) is 5.02 Å². The fraction of sp³-hybridized carbons (Fsp3) is 0.160. The van der Waals surface area contributed by atoms with Crippen LogP contribution in [-0.2, 0) is 16.0 Å². The molecule has 1 aromatic heterocycles. The fourth-order valence-electron chi connectivity index (χ4n) is 4.32. The van der Waals surface area contributed by atoms with Crippen molar-refractivity contribution in [3.8, 4) is 5.75 Å². The average molecular weight is 465 g/mol. The molecule has 1 amide bonds. The highest BCUT2D eigenvalue weighted by Gasteiger charge is 2.47. The van der Waals surface area contributed by atoms with Crippen molar-refractivity contribution in [2.75, 3.05) is 4.90 Å². The number of aliphatic hydroxyl groups excluding tert-OH is 1. The van der Waals surface area contributed by atoms with Gasteiger partial charge in [0, 0.05) is 30.1 Å². The van der Waals surface area contributed by atoms with Crippen molar-refractivity contribution in [3.63, 3.8) is 0 Å². The minimum atomic E-state index is -0.946. The Balaban J connectivity index is 1.69. The maximum atomic E-state index is 13.8. The quantitative estimate of drug-likeness (QED) is 0.341. The van der Waals surface area contributed by atoms with E-state index in [-0.39, 0.29) is 28.1 Å². The monoisotopic (exact) mass is 464 g/mol. The third-order valence-electron chi connectivity index (χ3n) is 5.82. The van der Waals surface area contributed by atoms with E-state index in [1.165, 1.54) is 29.4 Å². The predicted molar refractivity (Wildman–Crippen MR) is 121 cm³/mol. The van der Waals surface area contributed by atoms with Gasteiger partial charge in [0.05, 0.1) is 16.6 Å². The molecule has 0 spiro atoms. The van der Waals surface area contributed by atoms with Crippen LogP contribution >= 0.6 is 11.6 Å². The number of Topliss-reactive ketones (excluding diaryl/α,β-unsaturated/α-hetero) is 1. The number of carbonyl (C=O) groups is 2. The Labute approximate surface area is 193 Å². The first-order chi connectivity index (χ1) is 15.8. The highest BCUT2D eigenvalue weighted by atomic mass is 35.5. The topological polar surface area (TPSA) is 79.7 Å². The first-order valence-corrected chi connectivity index (χ1v) is 10.7. The molecule has 3 heterocycles. The number of anilines is 1. The number of carbonyl (C=O) groups excluding carboxylic acids is 2. The summed E-state index contributed by atoms with van der Waals surface area (Å²) in [5, 5.41) is 11.1. The summed E-state index contributed by atoms with van der Waals surface area (Å²) < 4.78 is 19.5. The summed E-state index contributed by atoms with van der Waals surface area (Å²) in [7, 11) is 0. The molecular formula is C25H18ClFN2O4. The number of benzene rings is 2. The van der Waals surface area contributed by atoms with E-state index in [4.69, 9.17) is 16.3 Å². The number of ether oxygens (including phenoxy) is 1. The SMILES string of the molecule is CC1Cc2cc(/C(O)=C3/C(=O)C(=O)N(c4ccc(F)c(Cl)c4)C3c3ccncc3)ccc2O1. The molecule has 33 heavy (non-hydrogen) atoms. The lowest BCUT2D eigenvalue weighted by Gasteiger charge is -2.25. The number of aromatic nitrogens is 1. The standard InChI is InChI=1S/C25H18ClFN2O4/c1-13-10-16-11-15(2-5-20(16)33-13)23(30)21-22(14-6-8-28-9-7-14)29(25(32)24(21)31)17-3-4-19(27)18(26)12-17/h2-9,11-13,22,30H,10H2,1H3/b23-21-. The van der Waals surface area contributed by atoms with Gasteiger partial charge < -0.3 is 9.84 Å². The van der Waals surface area contributed by atoms with E-state index in [0.29, 0.717) is 17.5 Å². The van der Waals surface area contributed by atoms with Crippen LogP contribution in [0.15, 0.2) is 66.5 Å². The van der Waals surface area contributed by atoms with E-state index in [9.17, 15) is 19.1 Å². The van der Waals surface area contributed by atoms with Gasteiger partial charge in [0.2, 0.25) is 0 Å². The Hall–Kier alpha value is -3.71. The Morgan fingerprint density at radius 3 is 2.64 bits per heavy atom. The molecule has 0 saturated carbocycles. The van der Waals surface area contributed by atoms with Crippen LogP contribution in [-0.4, -0.2) is 27.9 Å². The zero-order valence-corrected chi connectivity index (χ0v) is 18.2. The van der Waals surface area contributed by atoms with Crippen LogP contribution in [0.5, 0.6) is 5.75 Å². The van der Waals surface area contributed by atoms with Crippen molar-refractivity contribution in [1.29, 1.82) is 0 Å². The van der Waals surface area contributed by atoms with Gasteiger partial charge in [-0.15, -0.1) is 0 Å². The highest BCUT2D eigenvalue weighted by molar-refractivity contribution is 6.51. The van der Waals surface area contributed by atoms with Crippen molar-refractivity contribution < 1.29 is 23.8 Å². The maximum Gasteiger partial charge on any atom is 0.300 e. The van der Waals surface area contributed by atoms with Gasteiger partial charge in [-0.2, -0.15) is 0 Å². The second kappa shape index (κ2) is 8.01. The number of hydrogen-bond acceptors (Lipinski definition) is 5. The summed E-state index contributed by atoms with van der Waals surface area (Å²) in [5.74, 6) is -1.91. The van der Waals surface area contributed by atoms with Crippen LogP contribution in [0, 0.1) is 5.82 Å². The van der Waals surface area contributed by atoms with Gasteiger partial charge in [0.25, 0.3) is 11.7 Å². The van der Waals surface area contributed by atoms with Crippen LogP contribution < -0.4 is 9.64 Å². The van der Waals surface area contributed by atoms with Gasteiger partial charge in [0.1, 0.15) is 23.4 Å². The highest BCUT2D eigenvalue weighted by Crippen LogP contribution is 2.43. The normalized spacial score (nSPS) is 21.2. The molecule has 8 heteroatoms. The third-order valence-corrected chi connectivity index (χ3v) is 6.11. The molecule has 5 rings (SSSR count). The first-order valence-electron chi connectivity index (χ1n) is 10.3. The summed E-state index contributed by atoms with van der Waals surface area (Å²) >= 11 is 5.95. The lowest BCUT2D eigenvalue weighted by Crippen LogP contribution is -2.29. The molecule has 2 aliphatic rings. The molecule has 3 aromatic rings. The number of nitrogens with zero attached hydrogens (tertiary/aromatic N) is 2. The number of fused-ring (bicyclic) bond motifs is 1. The second-order valence-electron chi connectivity index (χ2n) is 8.00. The smallest absolute Gasteiger partial charge is 0.300 e. The molecular weight excluding hydrogens is 447 g/mol. The number of pyridine rings is 1. The van der Waals surface area contributed by atoms with Gasteiger partial charge in [0.15, 0.2) is 0 Å². The third kappa shape index (κ3) is 3.54. The number of ketones is 1. The Bertz CT molecular complexity index is 1330. The lowest BCUT2D eigenvalue weighted by molar-refractivity contribution is -0.132. The lowest BCUT2D eigenvalue weighted by atomic mass is 9.95. The van der Waals surface area contributed by atoms with Gasteiger partial charge in [-0.3, -0.25) is 19.5 Å². The van der Waals surface area contributed by atoms with Gasteiger partial charge in [-0.1, -0.05) is 11.6 Å². The Morgan fingerprint density at radius 1 is 1.15 bits per heavy atom. The summed E-state index contributed by atoms with van der Waals surface area (Å²) in [4.78, 5) is 31.5. The van der Waals surface area contributed by atoms with Crippen LogP contribution in [0.1, 0.15) is 29.7 Å². The van der Waals surface area contributed by atoms with E-state index in [1.807, 2.05) is 6.92 Å². The number of hydrogen-bond donors (Lipinski definition) is 1. The van der Waals surface area contributed by atoms with E-state index in [0.717, 1.165) is 17.4 Å². The van der Waals surface area contributed by atoms with Gasteiger partial charge in [-0.05, 0) is 66.6 Å². The zero-order chi connectivity index (χ0) is 23.3. The zero-order valence-electron chi connectivity index (χ0n) is 17.5. The molecule has 0 aliphatic carbocycles. The van der Waals surface area contributed by atoms with Crippen LogP contribution in [0.4, 0.5) is 10.1 Å². The van der Waals surface area contributed by atoms with Crippen molar-refractivity contribution >= 4 is 34.7 Å². The Kier molecular flexibility index (Phi) is 5.13. The van der Waals surface area contributed by atoms with E-state index in [2.05, 4.69) is 4.98 Å². The molecule has 2 atom stereocenters. The number of amides is 1. The molecule has 166 valence electrons. The first kappa shape index (κ1) is 21.2. The largest absolute Gasteiger partial charge is 0.507 e. The number of rotatable bonds is 3. The van der Waals surface area contributed by atoms with E-state index < -0.39 is 23.5 Å². The minimum absolute atomic E-state index is 0.0167. The molecule has 2 aromatic carbocycles. The Morgan fingerprint density at radius 2 is 1.91 bits per heavy atom. The summed E-state index contributed by atoms with van der Waals surface area (Å²) in [6.45, 7) is 1.95. The van der Waals surface area contributed by atoms with Crippen molar-refractivity contribution in [3.05, 3.63) is 94.0 Å². The minimum Gasteiger partial charge on any atom is -0.507 e. The molecule has 1 N–H and O–H groups in total. The number of aliphatic hydroxyl groups is 1. The van der Waals surface area contributed by atoms with Crippen LogP contribution in [0.3, 0.4) is 0 Å². The maximum absolute atomic E-state index is 13.8. The van der Waals surface area contributed by atoms with Gasteiger partial charge >= 0.3 is 0 Å². The van der Waals surface area contributed by atoms with E-state index >= 15 is 0 Å². The molecule has 2 aliphatic heterocycles. The molecule has 0 radical (unpaired) electrons. The molecule has 1 saturated heterocycles. The summed E-state index contributed by atoms with van der Waals surface area (Å²) in [6, 6.07) is 11.3. The molecule has 0 bridgehead atoms. The van der Waals surface area contributed by atoms with Gasteiger partial charge in [-0.25, -0.2) is 4.39 Å². The van der Waals surface area contributed by atoms with Crippen molar-refractivity contribution in [2.45, 2.75) is 25.5 Å². The fourth-order valence-corrected chi connectivity index (χ4v) is 4.49. The van der Waals surface area contributed by atoms with Crippen molar-refractivity contribution in [2.24, 2.45) is 0 Å². The summed E-state index contributed by atoms with van der Waals surface area (Å²) in [5.41, 5.74) is 2.04. The average Bonchev–Trinajstić information content (AvgIpc) is 3.31. The second-order valence-corrected chi connectivity index (χ2v) is 8.41. The molecule has 2 unspecified atom stereocenters. The predicted octanol–water partition coefficient (Wildman–Crippen LogP) is 4.82. The molecule has 1 fully saturated rings. The molecule has 6 nitrogen and oxygen atoms in total. The van der Waals surface area contributed by atoms with Crippen LogP contribution in [0.25, 0.3) is 5.76 Å².